The quantitative estimate of drug-likeness (QED) is 0.425. The Morgan fingerprint density at radius 1 is 1.00 bits per heavy atom. The van der Waals surface area contributed by atoms with Gasteiger partial charge < -0.3 is 9.84 Å². The fourth-order valence-corrected chi connectivity index (χ4v) is 3.64. The third kappa shape index (κ3) is 4.20. The maximum atomic E-state index is 12.4. The van der Waals surface area contributed by atoms with Crippen LogP contribution in [0.5, 0.6) is 0 Å². The molecule has 5 aromatic rings. The fourth-order valence-electron chi connectivity index (χ4n) is 3.64. The first-order chi connectivity index (χ1) is 16.1. The summed E-state index contributed by atoms with van der Waals surface area (Å²) in [6.45, 7) is 3.74. The van der Waals surface area contributed by atoms with Crippen molar-refractivity contribution in [3.63, 3.8) is 0 Å². The molecular formula is C24H21N7O2. The monoisotopic (exact) mass is 439 g/mol. The molecule has 1 N–H and O–H groups in total. The van der Waals surface area contributed by atoms with Gasteiger partial charge in [-0.15, -0.1) is 10.2 Å². The summed E-state index contributed by atoms with van der Waals surface area (Å²) in [5.41, 5.74) is 5.55. The van der Waals surface area contributed by atoms with Crippen LogP contribution < -0.4 is 5.32 Å². The average molecular weight is 439 g/mol. The summed E-state index contributed by atoms with van der Waals surface area (Å²) in [6, 6.07) is 16.9. The van der Waals surface area contributed by atoms with Crippen LogP contribution in [0.4, 0.5) is 5.69 Å². The summed E-state index contributed by atoms with van der Waals surface area (Å²) < 4.78 is 6.84. The zero-order valence-corrected chi connectivity index (χ0v) is 18.2. The lowest BCUT2D eigenvalue weighted by atomic mass is 10.1. The van der Waals surface area contributed by atoms with E-state index in [2.05, 4.69) is 25.7 Å². The Labute approximate surface area is 189 Å². The van der Waals surface area contributed by atoms with E-state index in [-0.39, 0.29) is 5.91 Å². The molecule has 164 valence electrons. The van der Waals surface area contributed by atoms with Crippen molar-refractivity contribution in [3.8, 4) is 22.8 Å². The number of amides is 1. The van der Waals surface area contributed by atoms with Gasteiger partial charge in [-0.05, 0) is 56.7 Å². The summed E-state index contributed by atoms with van der Waals surface area (Å²) in [4.78, 5) is 16.7. The van der Waals surface area contributed by atoms with Crippen molar-refractivity contribution in [2.75, 3.05) is 5.32 Å². The van der Waals surface area contributed by atoms with Crippen molar-refractivity contribution in [3.05, 3.63) is 77.8 Å². The van der Waals surface area contributed by atoms with Crippen molar-refractivity contribution in [1.82, 2.24) is 30.0 Å². The molecule has 0 aliphatic rings. The maximum Gasteiger partial charge on any atom is 0.224 e. The van der Waals surface area contributed by atoms with Gasteiger partial charge in [0.2, 0.25) is 11.7 Å². The summed E-state index contributed by atoms with van der Waals surface area (Å²) >= 11 is 0. The zero-order valence-electron chi connectivity index (χ0n) is 18.2. The standard InChI is InChI=1S/C24H21N7O2/c1-15-19(16(2)33-30-15)10-13-23(32)26-18-8-6-17(7-9-18)20-11-12-22-27-28-24(31(22)29-20)21-5-3-4-14-25-21/h3-9,11-12,14H,10,13H2,1-2H3,(H,26,32). The number of aromatic nitrogens is 6. The average Bonchev–Trinajstić information content (AvgIpc) is 3.41. The molecule has 0 unspecified atom stereocenters. The van der Waals surface area contributed by atoms with Crippen LogP contribution in [0.3, 0.4) is 0 Å². The van der Waals surface area contributed by atoms with Gasteiger partial charge in [0, 0.05) is 29.4 Å². The van der Waals surface area contributed by atoms with Crippen molar-refractivity contribution >= 4 is 17.2 Å². The number of nitrogens with zero attached hydrogens (tertiary/aromatic N) is 6. The van der Waals surface area contributed by atoms with Crippen LogP contribution in [0, 0.1) is 13.8 Å². The highest BCUT2D eigenvalue weighted by Gasteiger charge is 2.13. The van der Waals surface area contributed by atoms with E-state index in [1.165, 1.54) is 0 Å². The minimum Gasteiger partial charge on any atom is -0.361 e. The normalized spacial score (nSPS) is 11.1. The van der Waals surface area contributed by atoms with E-state index in [0.717, 1.165) is 34.0 Å². The van der Waals surface area contributed by atoms with Crippen molar-refractivity contribution in [2.24, 2.45) is 0 Å². The largest absolute Gasteiger partial charge is 0.361 e. The van der Waals surface area contributed by atoms with Gasteiger partial charge in [0.1, 0.15) is 11.5 Å². The smallest absolute Gasteiger partial charge is 0.224 e. The van der Waals surface area contributed by atoms with E-state index in [1.54, 1.807) is 10.7 Å². The molecule has 0 saturated carbocycles. The van der Waals surface area contributed by atoms with Gasteiger partial charge in [-0.2, -0.15) is 9.61 Å². The van der Waals surface area contributed by atoms with Crippen LogP contribution in [-0.4, -0.2) is 35.9 Å². The molecule has 0 saturated heterocycles. The molecule has 0 fully saturated rings. The number of pyridine rings is 1. The number of hydrogen-bond donors (Lipinski definition) is 1. The van der Waals surface area contributed by atoms with Gasteiger partial charge in [-0.25, -0.2) is 0 Å². The minimum atomic E-state index is -0.0632. The number of carbonyl (C=O) groups excluding carboxylic acids is 1. The Balaban J connectivity index is 1.30. The van der Waals surface area contributed by atoms with Gasteiger partial charge >= 0.3 is 0 Å². The Kier molecular flexibility index (Phi) is 5.35. The fraction of sp³-hybridized carbons (Fsp3) is 0.167. The van der Waals surface area contributed by atoms with Crippen LogP contribution in [0.15, 0.2) is 65.3 Å². The lowest BCUT2D eigenvalue weighted by Crippen LogP contribution is -2.12. The maximum absolute atomic E-state index is 12.4. The van der Waals surface area contributed by atoms with Crippen LogP contribution in [0.1, 0.15) is 23.4 Å². The van der Waals surface area contributed by atoms with Gasteiger partial charge in [0.05, 0.1) is 11.4 Å². The SMILES string of the molecule is Cc1noc(C)c1CCC(=O)Nc1ccc(-c2ccc3nnc(-c4ccccn4)n3n2)cc1. The molecular weight excluding hydrogens is 418 g/mol. The molecule has 4 heterocycles. The first-order valence-electron chi connectivity index (χ1n) is 10.5. The van der Waals surface area contributed by atoms with E-state index >= 15 is 0 Å². The summed E-state index contributed by atoms with van der Waals surface area (Å²) in [6.07, 6.45) is 2.65. The second-order valence-corrected chi connectivity index (χ2v) is 7.66. The molecule has 33 heavy (non-hydrogen) atoms. The van der Waals surface area contributed by atoms with E-state index < -0.39 is 0 Å². The highest BCUT2D eigenvalue weighted by atomic mass is 16.5. The first-order valence-corrected chi connectivity index (χ1v) is 10.5. The summed E-state index contributed by atoms with van der Waals surface area (Å²) in [7, 11) is 0. The van der Waals surface area contributed by atoms with E-state index in [1.807, 2.05) is 68.4 Å². The van der Waals surface area contributed by atoms with Gasteiger partial charge in [0.25, 0.3) is 0 Å². The summed E-state index contributed by atoms with van der Waals surface area (Å²) in [5, 5.41) is 20.0. The lowest BCUT2D eigenvalue weighted by molar-refractivity contribution is -0.116. The Morgan fingerprint density at radius 2 is 1.85 bits per heavy atom. The second kappa shape index (κ2) is 8.62. The Bertz CT molecular complexity index is 1400. The molecule has 0 bridgehead atoms. The predicted octanol–water partition coefficient (Wildman–Crippen LogP) is 4.03. The molecule has 9 nitrogen and oxygen atoms in total. The number of nitrogens with one attached hydrogen (secondary N) is 1. The van der Waals surface area contributed by atoms with Crippen LogP contribution in [0.25, 0.3) is 28.4 Å². The van der Waals surface area contributed by atoms with E-state index in [4.69, 9.17) is 9.62 Å². The van der Waals surface area contributed by atoms with Crippen LogP contribution in [0.2, 0.25) is 0 Å². The molecule has 9 heteroatoms. The van der Waals surface area contributed by atoms with Crippen LogP contribution in [-0.2, 0) is 11.2 Å². The minimum absolute atomic E-state index is 0.0632. The highest BCUT2D eigenvalue weighted by molar-refractivity contribution is 5.91. The molecule has 0 spiro atoms. The molecule has 1 aromatic carbocycles. The van der Waals surface area contributed by atoms with Crippen molar-refractivity contribution in [2.45, 2.75) is 26.7 Å². The number of rotatable bonds is 6. The molecule has 1 amide bonds. The highest BCUT2D eigenvalue weighted by Crippen LogP contribution is 2.22. The number of hydrogen-bond acceptors (Lipinski definition) is 7. The lowest BCUT2D eigenvalue weighted by Gasteiger charge is -2.07. The van der Waals surface area contributed by atoms with E-state index in [0.29, 0.717) is 30.0 Å². The predicted molar refractivity (Wildman–Crippen MR) is 122 cm³/mol. The van der Waals surface area contributed by atoms with Gasteiger partial charge in [-0.3, -0.25) is 9.78 Å². The second-order valence-electron chi connectivity index (χ2n) is 7.66. The third-order valence-corrected chi connectivity index (χ3v) is 5.40. The zero-order chi connectivity index (χ0) is 22.8. The Morgan fingerprint density at radius 3 is 2.58 bits per heavy atom. The topological polar surface area (TPSA) is 111 Å². The van der Waals surface area contributed by atoms with Gasteiger partial charge in [0.15, 0.2) is 5.65 Å². The number of aryl methyl sites for hydroxylation is 2. The van der Waals surface area contributed by atoms with Crippen molar-refractivity contribution in [1.29, 1.82) is 0 Å². The molecule has 4 aromatic heterocycles. The van der Waals surface area contributed by atoms with Gasteiger partial charge in [-0.1, -0.05) is 23.4 Å². The number of benzene rings is 1. The molecule has 0 atom stereocenters. The number of fused-ring (bicyclic) bond motifs is 1. The Hall–Kier alpha value is -4.40. The first kappa shape index (κ1) is 20.5. The number of carbonyl (C=O) groups is 1. The third-order valence-electron chi connectivity index (χ3n) is 5.40. The molecule has 0 aliphatic carbocycles. The van der Waals surface area contributed by atoms with E-state index in [9.17, 15) is 4.79 Å². The summed E-state index contributed by atoms with van der Waals surface area (Å²) in [5.74, 6) is 1.27. The molecule has 0 radical (unpaired) electrons. The molecule has 5 rings (SSSR count). The van der Waals surface area contributed by atoms with Crippen LogP contribution >= 0.6 is 0 Å². The van der Waals surface area contributed by atoms with Crippen molar-refractivity contribution < 1.29 is 9.32 Å². The number of anilines is 1. The molecule has 0 aliphatic heterocycles.